The third-order valence-electron chi connectivity index (χ3n) is 5.71. The Hall–Kier alpha value is -3.31. The Balaban J connectivity index is 1.75. The Morgan fingerprint density at radius 3 is 2.29 bits per heavy atom. The number of aryl methyl sites for hydroxylation is 1. The Morgan fingerprint density at radius 1 is 0.943 bits per heavy atom. The normalized spacial score (nSPS) is 11.5. The van der Waals surface area contributed by atoms with E-state index in [2.05, 4.69) is 5.32 Å². The van der Waals surface area contributed by atoms with Gasteiger partial charge in [-0.05, 0) is 55.7 Å². The molecule has 1 atom stereocenters. The first kappa shape index (κ1) is 26.3. The molecule has 0 spiro atoms. The molecule has 5 nitrogen and oxygen atoms in total. The van der Waals surface area contributed by atoms with Gasteiger partial charge in [0.2, 0.25) is 11.8 Å². The second kappa shape index (κ2) is 13.5. The number of ether oxygens (including phenoxy) is 1. The standard InChI is InChI=1S/C29H33ClN2O3/c1-3-31-29(34)27(20-23-8-5-4-6-9-23)32(21-24-13-11-22(2)12-14-24)28(33)10-7-19-35-26-17-15-25(30)16-18-26/h4-6,8-9,11-18,27H,3,7,10,19-21H2,1-2H3,(H,31,34). The number of amides is 2. The van der Waals surface area contributed by atoms with Gasteiger partial charge in [0.25, 0.3) is 0 Å². The van der Waals surface area contributed by atoms with Gasteiger partial charge in [-0.3, -0.25) is 9.59 Å². The minimum atomic E-state index is -0.608. The fourth-order valence-electron chi connectivity index (χ4n) is 3.82. The molecule has 0 bridgehead atoms. The number of nitrogens with zero attached hydrogens (tertiary/aromatic N) is 1. The molecule has 0 aliphatic carbocycles. The monoisotopic (exact) mass is 492 g/mol. The van der Waals surface area contributed by atoms with E-state index in [9.17, 15) is 9.59 Å². The third-order valence-corrected chi connectivity index (χ3v) is 5.96. The smallest absolute Gasteiger partial charge is 0.243 e. The first-order valence-corrected chi connectivity index (χ1v) is 12.4. The van der Waals surface area contributed by atoms with Crippen LogP contribution in [0.4, 0.5) is 0 Å². The van der Waals surface area contributed by atoms with Gasteiger partial charge in [-0.1, -0.05) is 71.8 Å². The van der Waals surface area contributed by atoms with Crippen molar-refractivity contribution in [2.45, 2.75) is 45.7 Å². The Morgan fingerprint density at radius 2 is 1.63 bits per heavy atom. The largest absolute Gasteiger partial charge is 0.494 e. The molecule has 0 radical (unpaired) electrons. The first-order chi connectivity index (χ1) is 17.0. The van der Waals surface area contributed by atoms with E-state index in [4.69, 9.17) is 16.3 Å². The van der Waals surface area contributed by atoms with Gasteiger partial charge < -0.3 is 15.0 Å². The highest BCUT2D eigenvalue weighted by Crippen LogP contribution is 2.18. The van der Waals surface area contributed by atoms with Crippen LogP contribution in [0.1, 0.15) is 36.5 Å². The van der Waals surface area contributed by atoms with Crippen LogP contribution in [-0.2, 0) is 22.6 Å². The van der Waals surface area contributed by atoms with E-state index < -0.39 is 6.04 Å². The van der Waals surface area contributed by atoms with Crippen molar-refractivity contribution in [3.63, 3.8) is 0 Å². The molecular weight excluding hydrogens is 460 g/mol. The lowest BCUT2D eigenvalue weighted by atomic mass is 10.0. The zero-order valence-electron chi connectivity index (χ0n) is 20.4. The highest BCUT2D eigenvalue weighted by Gasteiger charge is 2.29. The topological polar surface area (TPSA) is 58.6 Å². The molecule has 0 heterocycles. The maximum Gasteiger partial charge on any atom is 0.243 e. The van der Waals surface area contributed by atoms with Crippen LogP contribution in [0, 0.1) is 6.92 Å². The number of hydrogen-bond acceptors (Lipinski definition) is 3. The number of halogens is 1. The second-order valence-corrected chi connectivity index (χ2v) is 8.95. The van der Waals surface area contributed by atoms with Crippen LogP contribution in [0.2, 0.25) is 5.02 Å². The number of carbonyl (C=O) groups is 2. The lowest BCUT2D eigenvalue weighted by Gasteiger charge is -2.31. The maximum atomic E-state index is 13.5. The van der Waals surface area contributed by atoms with Crippen LogP contribution in [0.15, 0.2) is 78.9 Å². The Bertz CT molecular complexity index is 1070. The van der Waals surface area contributed by atoms with Crippen molar-refractivity contribution in [3.05, 3.63) is 101 Å². The molecule has 2 amide bonds. The van der Waals surface area contributed by atoms with E-state index in [0.29, 0.717) is 43.3 Å². The van der Waals surface area contributed by atoms with Crippen LogP contribution >= 0.6 is 11.6 Å². The van der Waals surface area contributed by atoms with Crippen LogP contribution in [-0.4, -0.2) is 35.9 Å². The van der Waals surface area contributed by atoms with Gasteiger partial charge >= 0.3 is 0 Å². The fraction of sp³-hybridized carbons (Fsp3) is 0.310. The minimum Gasteiger partial charge on any atom is -0.494 e. The van der Waals surface area contributed by atoms with Crippen molar-refractivity contribution < 1.29 is 14.3 Å². The summed E-state index contributed by atoms with van der Waals surface area (Å²) in [5.41, 5.74) is 3.15. The minimum absolute atomic E-state index is 0.0718. The van der Waals surface area contributed by atoms with Crippen molar-refractivity contribution in [1.82, 2.24) is 10.2 Å². The number of rotatable bonds is 12. The van der Waals surface area contributed by atoms with E-state index >= 15 is 0 Å². The second-order valence-electron chi connectivity index (χ2n) is 8.51. The lowest BCUT2D eigenvalue weighted by molar-refractivity contribution is -0.141. The number of hydrogen-bond donors (Lipinski definition) is 1. The van der Waals surface area contributed by atoms with E-state index in [1.54, 1.807) is 29.2 Å². The summed E-state index contributed by atoms with van der Waals surface area (Å²) in [7, 11) is 0. The first-order valence-electron chi connectivity index (χ1n) is 12.0. The molecular formula is C29H33ClN2O3. The summed E-state index contributed by atoms with van der Waals surface area (Å²) < 4.78 is 5.76. The predicted octanol–water partition coefficient (Wildman–Crippen LogP) is 5.58. The van der Waals surface area contributed by atoms with Crippen LogP contribution in [0.3, 0.4) is 0 Å². The summed E-state index contributed by atoms with van der Waals surface area (Å²) >= 11 is 5.92. The number of benzene rings is 3. The highest BCUT2D eigenvalue weighted by atomic mass is 35.5. The SMILES string of the molecule is CCNC(=O)C(Cc1ccccc1)N(Cc1ccc(C)cc1)C(=O)CCCOc1ccc(Cl)cc1. The van der Waals surface area contributed by atoms with Crippen molar-refractivity contribution in [1.29, 1.82) is 0 Å². The maximum absolute atomic E-state index is 13.5. The molecule has 0 aliphatic heterocycles. The predicted molar refractivity (Wildman–Crippen MR) is 141 cm³/mol. The number of nitrogens with one attached hydrogen (secondary N) is 1. The zero-order valence-corrected chi connectivity index (χ0v) is 21.1. The fourth-order valence-corrected chi connectivity index (χ4v) is 3.95. The molecule has 6 heteroatoms. The number of carbonyl (C=O) groups excluding carboxylic acids is 2. The van der Waals surface area contributed by atoms with Crippen LogP contribution in [0.5, 0.6) is 5.75 Å². The number of likely N-dealkylation sites (N-methyl/N-ethyl adjacent to an activating group) is 1. The van der Waals surface area contributed by atoms with Crippen molar-refractivity contribution in [3.8, 4) is 5.75 Å². The van der Waals surface area contributed by atoms with Gasteiger partial charge in [0.15, 0.2) is 0 Å². The van der Waals surface area contributed by atoms with Gasteiger partial charge in [0, 0.05) is 31.0 Å². The molecule has 1 unspecified atom stereocenters. The zero-order chi connectivity index (χ0) is 25.0. The summed E-state index contributed by atoms with van der Waals surface area (Å²) in [6.45, 7) is 5.19. The quantitative estimate of drug-likeness (QED) is 0.335. The van der Waals surface area contributed by atoms with Crippen LogP contribution in [0.25, 0.3) is 0 Å². The molecule has 0 fully saturated rings. The Labute approximate surface area is 213 Å². The molecule has 3 rings (SSSR count). The summed E-state index contributed by atoms with van der Waals surface area (Å²) in [5.74, 6) is 0.495. The third kappa shape index (κ3) is 8.45. The average Bonchev–Trinajstić information content (AvgIpc) is 2.87. The summed E-state index contributed by atoms with van der Waals surface area (Å²) in [6, 6.07) is 24.4. The molecule has 184 valence electrons. The van der Waals surface area contributed by atoms with Gasteiger partial charge in [-0.25, -0.2) is 0 Å². The van der Waals surface area contributed by atoms with Gasteiger partial charge in [-0.2, -0.15) is 0 Å². The van der Waals surface area contributed by atoms with Gasteiger partial charge in [0.05, 0.1) is 6.61 Å². The average molecular weight is 493 g/mol. The Kier molecular flexibility index (Phi) is 10.2. The summed E-state index contributed by atoms with van der Waals surface area (Å²) in [5, 5.41) is 3.57. The molecule has 0 saturated carbocycles. The molecule has 35 heavy (non-hydrogen) atoms. The molecule has 3 aromatic carbocycles. The molecule has 3 aromatic rings. The van der Waals surface area contributed by atoms with Gasteiger partial charge in [0.1, 0.15) is 11.8 Å². The molecule has 1 N–H and O–H groups in total. The van der Waals surface area contributed by atoms with Gasteiger partial charge in [-0.15, -0.1) is 0 Å². The summed E-state index contributed by atoms with van der Waals surface area (Å²) in [6.07, 6.45) is 1.27. The van der Waals surface area contributed by atoms with E-state index in [-0.39, 0.29) is 18.2 Å². The van der Waals surface area contributed by atoms with Crippen molar-refractivity contribution >= 4 is 23.4 Å². The molecule has 0 aromatic heterocycles. The molecule has 0 aliphatic rings. The van der Waals surface area contributed by atoms with Crippen molar-refractivity contribution in [2.75, 3.05) is 13.2 Å². The lowest BCUT2D eigenvalue weighted by Crippen LogP contribution is -2.50. The molecule has 0 saturated heterocycles. The van der Waals surface area contributed by atoms with Crippen LogP contribution < -0.4 is 10.1 Å². The summed E-state index contributed by atoms with van der Waals surface area (Å²) in [4.78, 5) is 28.3. The van der Waals surface area contributed by atoms with E-state index in [1.807, 2.05) is 68.4 Å². The van der Waals surface area contributed by atoms with Crippen molar-refractivity contribution in [2.24, 2.45) is 0 Å². The van der Waals surface area contributed by atoms with E-state index in [0.717, 1.165) is 16.7 Å². The highest BCUT2D eigenvalue weighted by molar-refractivity contribution is 6.30. The van der Waals surface area contributed by atoms with E-state index in [1.165, 1.54) is 0 Å².